The highest BCUT2D eigenvalue weighted by atomic mass is 79.9. The van der Waals surface area contributed by atoms with Crippen molar-refractivity contribution in [3.05, 3.63) is 34.1 Å². The van der Waals surface area contributed by atoms with Gasteiger partial charge in [0.2, 0.25) is 0 Å². The number of likely N-dealkylation sites (N-methyl/N-ethyl adjacent to an activating group) is 1. The van der Waals surface area contributed by atoms with Gasteiger partial charge in [0.25, 0.3) is 0 Å². The average Bonchev–Trinajstić information content (AvgIpc) is 2.34. The number of benzene rings is 1. The van der Waals surface area contributed by atoms with Crippen LogP contribution in [-0.4, -0.2) is 25.8 Å². The van der Waals surface area contributed by atoms with E-state index in [9.17, 15) is 4.39 Å². The Balaban J connectivity index is 2.81. The molecule has 0 aliphatic heterocycles. The molecule has 0 saturated heterocycles. The van der Waals surface area contributed by atoms with E-state index in [-0.39, 0.29) is 18.0 Å². The number of hydrogen-bond acceptors (Lipinski definition) is 2. The number of rotatable bonds is 8. The maximum atomic E-state index is 13.4. The Hall–Kier alpha value is -0.450. The van der Waals surface area contributed by atoms with Gasteiger partial charge in [-0.25, -0.2) is 4.39 Å². The molecule has 1 aromatic rings. The molecule has 0 aliphatic rings. The summed E-state index contributed by atoms with van der Waals surface area (Å²) < 4.78 is 19.8. The molecule has 0 bridgehead atoms. The van der Waals surface area contributed by atoms with Gasteiger partial charge in [0.15, 0.2) is 0 Å². The van der Waals surface area contributed by atoms with E-state index in [1.54, 1.807) is 13.2 Å². The standard InChI is InChI=1S/C15H23BrFNO/c1-4-6-15(19-3)14(18-5-2)9-11-7-12(16)10-13(17)8-11/h7-8,10,14-15,18H,4-6,9H2,1-3H3. The van der Waals surface area contributed by atoms with Crippen LogP contribution in [0, 0.1) is 5.82 Å². The SMILES string of the molecule is CCCC(OC)C(Cc1cc(F)cc(Br)c1)NCC. The number of methoxy groups -OCH3 is 1. The summed E-state index contributed by atoms with van der Waals surface area (Å²) >= 11 is 3.34. The zero-order chi connectivity index (χ0) is 14.3. The van der Waals surface area contributed by atoms with Crippen LogP contribution in [0.25, 0.3) is 0 Å². The van der Waals surface area contributed by atoms with Gasteiger partial charge in [0.05, 0.1) is 6.10 Å². The molecule has 0 saturated carbocycles. The number of hydrogen-bond donors (Lipinski definition) is 1. The molecular weight excluding hydrogens is 309 g/mol. The molecule has 108 valence electrons. The van der Waals surface area contributed by atoms with E-state index in [2.05, 4.69) is 35.1 Å². The maximum absolute atomic E-state index is 13.4. The summed E-state index contributed by atoms with van der Waals surface area (Å²) in [5, 5.41) is 3.44. The van der Waals surface area contributed by atoms with Crippen molar-refractivity contribution in [2.75, 3.05) is 13.7 Å². The maximum Gasteiger partial charge on any atom is 0.124 e. The van der Waals surface area contributed by atoms with Crippen LogP contribution in [-0.2, 0) is 11.2 Å². The lowest BCUT2D eigenvalue weighted by Crippen LogP contribution is -2.42. The summed E-state index contributed by atoms with van der Waals surface area (Å²) in [6, 6.07) is 5.24. The molecule has 0 aromatic heterocycles. The van der Waals surface area contributed by atoms with Crippen LogP contribution in [0.5, 0.6) is 0 Å². The Kier molecular flexibility index (Phi) is 7.57. The van der Waals surface area contributed by atoms with Gasteiger partial charge in [-0.05, 0) is 43.1 Å². The van der Waals surface area contributed by atoms with E-state index < -0.39 is 0 Å². The van der Waals surface area contributed by atoms with E-state index in [0.717, 1.165) is 35.8 Å². The Morgan fingerprint density at radius 3 is 2.58 bits per heavy atom. The van der Waals surface area contributed by atoms with Gasteiger partial charge in [-0.1, -0.05) is 36.2 Å². The van der Waals surface area contributed by atoms with Gasteiger partial charge in [-0.15, -0.1) is 0 Å². The van der Waals surface area contributed by atoms with Crippen LogP contribution >= 0.6 is 15.9 Å². The largest absolute Gasteiger partial charge is 0.380 e. The first-order chi connectivity index (χ1) is 9.10. The van der Waals surface area contributed by atoms with Crippen molar-refractivity contribution in [3.8, 4) is 0 Å². The third kappa shape index (κ3) is 5.59. The van der Waals surface area contributed by atoms with E-state index in [4.69, 9.17) is 4.74 Å². The van der Waals surface area contributed by atoms with Crippen LogP contribution in [0.1, 0.15) is 32.3 Å². The molecule has 0 amide bonds. The fraction of sp³-hybridized carbons (Fsp3) is 0.600. The second kappa shape index (κ2) is 8.67. The monoisotopic (exact) mass is 331 g/mol. The minimum Gasteiger partial charge on any atom is -0.380 e. The zero-order valence-corrected chi connectivity index (χ0v) is 13.5. The first-order valence-corrected chi connectivity index (χ1v) is 7.61. The molecule has 4 heteroatoms. The number of ether oxygens (including phenoxy) is 1. The highest BCUT2D eigenvalue weighted by Crippen LogP contribution is 2.18. The normalized spacial score (nSPS) is 14.4. The lowest BCUT2D eigenvalue weighted by Gasteiger charge is -2.26. The number of nitrogens with one attached hydrogen (secondary N) is 1. The van der Waals surface area contributed by atoms with Crippen molar-refractivity contribution >= 4 is 15.9 Å². The van der Waals surface area contributed by atoms with Gasteiger partial charge >= 0.3 is 0 Å². The van der Waals surface area contributed by atoms with Gasteiger partial charge in [0, 0.05) is 17.6 Å². The lowest BCUT2D eigenvalue weighted by molar-refractivity contribution is 0.0614. The van der Waals surface area contributed by atoms with Crippen molar-refractivity contribution in [2.45, 2.75) is 45.3 Å². The third-order valence-electron chi connectivity index (χ3n) is 3.17. The van der Waals surface area contributed by atoms with E-state index >= 15 is 0 Å². The lowest BCUT2D eigenvalue weighted by atomic mass is 9.98. The topological polar surface area (TPSA) is 21.3 Å². The molecule has 0 heterocycles. The van der Waals surface area contributed by atoms with E-state index in [1.807, 2.05) is 6.07 Å². The minimum atomic E-state index is -0.205. The average molecular weight is 332 g/mol. The molecule has 2 unspecified atom stereocenters. The summed E-state index contributed by atoms with van der Waals surface area (Å²) in [5.74, 6) is -0.205. The quantitative estimate of drug-likeness (QED) is 0.779. The zero-order valence-electron chi connectivity index (χ0n) is 11.9. The molecule has 1 N–H and O–H groups in total. The molecule has 19 heavy (non-hydrogen) atoms. The minimum absolute atomic E-state index is 0.159. The Morgan fingerprint density at radius 2 is 2.05 bits per heavy atom. The molecule has 1 rings (SSSR count). The van der Waals surface area contributed by atoms with Crippen LogP contribution < -0.4 is 5.32 Å². The predicted octanol–water partition coefficient (Wildman–Crippen LogP) is 3.92. The van der Waals surface area contributed by atoms with Crippen molar-refractivity contribution in [1.82, 2.24) is 5.32 Å². The van der Waals surface area contributed by atoms with E-state index in [0.29, 0.717) is 0 Å². The smallest absolute Gasteiger partial charge is 0.124 e. The van der Waals surface area contributed by atoms with E-state index in [1.165, 1.54) is 6.07 Å². The first-order valence-electron chi connectivity index (χ1n) is 6.81. The Bertz CT molecular complexity index is 366. The van der Waals surface area contributed by atoms with Crippen LogP contribution in [0.3, 0.4) is 0 Å². The van der Waals surface area contributed by atoms with Crippen molar-refractivity contribution in [3.63, 3.8) is 0 Å². The Morgan fingerprint density at radius 1 is 1.32 bits per heavy atom. The van der Waals surface area contributed by atoms with Crippen LogP contribution in [0.15, 0.2) is 22.7 Å². The van der Waals surface area contributed by atoms with Gasteiger partial charge in [-0.3, -0.25) is 0 Å². The summed E-state index contributed by atoms with van der Waals surface area (Å²) in [4.78, 5) is 0. The second-order valence-electron chi connectivity index (χ2n) is 4.71. The summed E-state index contributed by atoms with van der Waals surface area (Å²) in [7, 11) is 1.74. The fourth-order valence-corrected chi connectivity index (χ4v) is 2.86. The molecule has 0 fully saturated rings. The fourth-order valence-electron chi connectivity index (χ4n) is 2.35. The number of halogens is 2. The van der Waals surface area contributed by atoms with Crippen molar-refractivity contribution in [2.24, 2.45) is 0 Å². The van der Waals surface area contributed by atoms with Gasteiger partial charge < -0.3 is 10.1 Å². The summed E-state index contributed by atoms with van der Waals surface area (Å²) in [5.41, 5.74) is 0.982. The predicted molar refractivity (Wildman–Crippen MR) is 81.0 cm³/mol. The summed E-state index contributed by atoms with van der Waals surface area (Å²) in [6.07, 6.45) is 3.01. The second-order valence-corrected chi connectivity index (χ2v) is 5.62. The Labute approximate surface area is 123 Å². The molecule has 0 radical (unpaired) electrons. The van der Waals surface area contributed by atoms with Crippen LogP contribution in [0.2, 0.25) is 0 Å². The highest BCUT2D eigenvalue weighted by molar-refractivity contribution is 9.10. The van der Waals surface area contributed by atoms with Crippen molar-refractivity contribution in [1.29, 1.82) is 0 Å². The molecular formula is C15H23BrFNO. The molecule has 0 aliphatic carbocycles. The third-order valence-corrected chi connectivity index (χ3v) is 3.63. The first kappa shape index (κ1) is 16.6. The van der Waals surface area contributed by atoms with Gasteiger partial charge in [0.1, 0.15) is 5.82 Å². The van der Waals surface area contributed by atoms with Crippen LogP contribution in [0.4, 0.5) is 4.39 Å². The molecule has 0 spiro atoms. The molecule has 2 atom stereocenters. The molecule has 1 aromatic carbocycles. The van der Waals surface area contributed by atoms with Crippen molar-refractivity contribution < 1.29 is 9.13 Å². The molecule has 2 nitrogen and oxygen atoms in total. The van der Waals surface area contributed by atoms with Gasteiger partial charge in [-0.2, -0.15) is 0 Å². The highest BCUT2D eigenvalue weighted by Gasteiger charge is 2.20. The summed E-state index contributed by atoms with van der Waals surface area (Å²) in [6.45, 7) is 5.10.